The molecule has 1 saturated carbocycles. The first kappa shape index (κ1) is 15.1. The minimum atomic E-state index is 0.333. The summed E-state index contributed by atoms with van der Waals surface area (Å²) in [4.78, 5) is 0. The van der Waals surface area contributed by atoms with Gasteiger partial charge in [0.25, 0.3) is 0 Å². The van der Waals surface area contributed by atoms with Gasteiger partial charge in [-0.25, -0.2) is 0 Å². The second kappa shape index (κ2) is 7.50. The molecule has 1 fully saturated rings. The molecular weight excluding hydrogens is 254 g/mol. The summed E-state index contributed by atoms with van der Waals surface area (Å²) >= 11 is 0. The highest BCUT2D eigenvalue weighted by Gasteiger charge is 2.20. The predicted molar refractivity (Wildman–Crippen MR) is 79.2 cm³/mol. The lowest BCUT2D eigenvalue weighted by molar-refractivity contribution is 0.175. The van der Waals surface area contributed by atoms with E-state index in [4.69, 9.17) is 14.6 Å². The van der Waals surface area contributed by atoms with Crippen molar-refractivity contribution in [2.75, 3.05) is 20.8 Å². The monoisotopic (exact) mass is 279 g/mol. The van der Waals surface area contributed by atoms with E-state index < -0.39 is 0 Å². The first-order valence-electron chi connectivity index (χ1n) is 7.31. The Morgan fingerprint density at radius 2 is 1.65 bits per heavy atom. The van der Waals surface area contributed by atoms with E-state index in [0.717, 1.165) is 43.7 Å². The predicted octanol–water partition coefficient (Wildman–Crippen LogP) is 2.34. The van der Waals surface area contributed by atoms with E-state index >= 15 is 0 Å². The molecule has 1 aromatic carbocycles. The molecule has 0 bridgehead atoms. The van der Waals surface area contributed by atoms with Crippen LogP contribution in [0.3, 0.4) is 0 Å². The lowest BCUT2D eigenvalue weighted by Crippen LogP contribution is -2.33. The minimum absolute atomic E-state index is 0.333. The van der Waals surface area contributed by atoms with Crippen LogP contribution >= 0.6 is 0 Å². The molecule has 1 aromatic rings. The molecule has 1 aliphatic carbocycles. The van der Waals surface area contributed by atoms with E-state index in [2.05, 4.69) is 5.32 Å². The standard InChI is InChI=1S/C16H25NO3/c1-19-15-7-13(8-16(9-15)20-2)10-17-14-5-3-12(11-18)4-6-14/h7-9,12,14,17-18H,3-6,10-11H2,1-2H3. The largest absolute Gasteiger partial charge is 0.497 e. The van der Waals surface area contributed by atoms with E-state index in [0.29, 0.717) is 18.6 Å². The number of hydrogen-bond acceptors (Lipinski definition) is 4. The van der Waals surface area contributed by atoms with Gasteiger partial charge < -0.3 is 19.9 Å². The summed E-state index contributed by atoms with van der Waals surface area (Å²) in [6.07, 6.45) is 4.53. The molecule has 4 nitrogen and oxygen atoms in total. The Hall–Kier alpha value is -1.26. The zero-order chi connectivity index (χ0) is 14.4. The van der Waals surface area contributed by atoms with Crippen LogP contribution < -0.4 is 14.8 Å². The zero-order valence-corrected chi connectivity index (χ0v) is 12.4. The first-order chi connectivity index (χ1) is 9.75. The van der Waals surface area contributed by atoms with Crippen LogP contribution in [0.15, 0.2) is 18.2 Å². The molecule has 0 radical (unpaired) electrons. The van der Waals surface area contributed by atoms with Crippen molar-refractivity contribution in [1.82, 2.24) is 5.32 Å². The van der Waals surface area contributed by atoms with Crippen LogP contribution in [0.5, 0.6) is 11.5 Å². The molecule has 0 heterocycles. The van der Waals surface area contributed by atoms with E-state index in [9.17, 15) is 0 Å². The summed E-state index contributed by atoms with van der Waals surface area (Å²) in [5.41, 5.74) is 1.17. The Labute approximate surface area is 121 Å². The highest BCUT2D eigenvalue weighted by atomic mass is 16.5. The molecule has 0 unspecified atom stereocenters. The van der Waals surface area contributed by atoms with E-state index in [1.807, 2.05) is 18.2 Å². The number of nitrogens with one attached hydrogen (secondary N) is 1. The average molecular weight is 279 g/mol. The van der Waals surface area contributed by atoms with Gasteiger partial charge in [0.15, 0.2) is 0 Å². The van der Waals surface area contributed by atoms with Gasteiger partial charge in [0.05, 0.1) is 14.2 Å². The molecule has 0 atom stereocenters. The van der Waals surface area contributed by atoms with Crippen LogP contribution in [-0.2, 0) is 6.54 Å². The van der Waals surface area contributed by atoms with Crippen molar-refractivity contribution in [1.29, 1.82) is 0 Å². The van der Waals surface area contributed by atoms with Crippen molar-refractivity contribution in [3.05, 3.63) is 23.8 Å². The number of benzene rings is 1. The number of aliphatic hydroxyl groups excluding tert-OH is 1. The molecule has 0 aliphatic heterocycles. The average Bonchev–Trinajstić information content (AvgIpc) is 2.53. The molecule has 0 saturated heterocycles. The second-order valence-electron chi connectivity index (χ2n) is 5.50. The molecule has 1 aliphatic rings. The van der Waals surface area contributed by atoms with E-state index in [1.54, 1.807) is 14.2 Å². The number of hydrogen-bond donors (Lipinski definition) is 2. The van der Waals surface area contributed by atoms with Crippen LogP contribution in [0.1, 0.15) is 31.2 Å². The highest BCUT2D eigenvalue weighted by Crippen LogP contribution is 2.25. The van der Waals surface area contributed by atoms with Gasteiger partial charge in [-0.05, 0) is 49.3 Å². The normalized spacial score (nSPS) is 22.6. The van der Waals surface area contributed by atoms with Gasteiger partial charge in [-0.1, -0.05) is 0 Å². The SMILES string of the molecule is COc1cc(CNC2CCC(CO)CC2)cc(OC)c1. The molecule has 0 aromatic heterocycles. The van der Waals surface area contributed by atoms with Gasteiger partial charge in [0.2, 0.25) is 0 Å². The van der Waals surface area contributed by atoms with Crippen LogP contribution in [0.2, 0.25) is 0 Å². The summed E-state index contributed by atoms with van der Waals surface area (Å²) in [6, 6.07) is 6.51. The summed E-state index contributed by atoms with van der Waals surface area (Å²) in [5.74, 6) is 2.15. The molecule has 112 valence electrons. The number of aliphatic hydroxyl groups is 1. The Morgan fingerprint density at radius 3 is 2.15 bits per heavy atom. The van der Waals surface area contributed by atoms with Crippen LogP contribution in [0.4, 0.5) is 0 Å². The summed E-state index contributed by atoms with van der Waals surface area (Å²) in [5, 5.41) is 12.7. The van der Waals surface area contributed by atoms with Crippen LogP contribution in [-0.4, -0.2) is 32.0 Å². The fourth-order valence-corrected chi connectivity index (χ4v) is 2.78. The Kier molecular flexibility index (Phi) is 5.68. The smallest absolute Gasteiger partial charge is 0.122 e. The zero-order valence-electron chi connectivity index (χ0n) is 12.4. The molecule has 0 spiro atoms. The van der Waals surface area contributed by atoms with Crippen molar-refractivity contribution in [3.8, 4) is 11.5 Å². The molecule has 20 heavy (non-hydrogen) atoms. The van der Waals surface area contributed by atoms with Crippen molar-refractivity contribution in [2.45, 2.75) is 38.3 Å². The van der Waals surface area contributed by atoms with E-state index in [-0.39, 0.29) is 0 Å². The Morgan fingerprint density at radius 1 is 1.05 bits per heavy atom. The maximum atomic E-state index is 9.15. The number of rotatable bonds is 6. The van der Waals surface area contributed by atoms with Gasteiger partial charge in [0, 0.05) is 25.3 Å². The highest BCUT2D eigenvalue weighted by molar-refractivity contribution is 5.38. The van der Waals surface area contributed by atoms with Gasteiger partial charge in [-0.2, -0.15) is 0 Å². The first-order valence-corrected chi connectivity index (χ1v) is 7.31. The fraction of sp³-hybridized carbons (Fsp3) is 0.625. The summed E-state index contributed by atoms with van der Waals surface area (Å²) < 4.78 is 10.6. The molecular formula is C16H25NO3. The third-order valence-electron chi connectivity index (χ3n) is 4.11. The Bertz CT molecular complexity index is 392. The fourth-order valence-electron chi connectivity index (χ4n) is 2.78. The minimum Gasteiger partial charge on any atom is -0.497 e. The third-order valence-corrected chi connectivity index (χ3v) is 4.11. The van der Waals surface area contributed by atoms with Crippen molar-refractivity contribution >= 4 is 0 Å². The van der Waals surface area contributed by atoms with Gasteiger partial charge in [-0.15, -0.1) is 0 Å². The Balaban J connectivity index is 1.87. The van der Waals surface area contributed by atoms with Crippen LogP contribution in [0, 0.1) is 5.92 Å². The molecule has 2 rings (SSSR count). The molecule has 2 N–H and O–H groups in total. The maximum Gasteiger partial charge on any atom is 0.122 e. The maximum absolute atomic E-state index is 9.15. The molecule has 0 amide bonds. The van der Waals surface area contributed by atoms with Crippen molar-refractivity contribution in [2.24, 2.45) is 5.92 Å². The van der Waals surface area contributed by atoms with Crippen molar-refractivity contribution in [3.63, 3.8) is 0 Å². The summed E-state index contributed by atoms with van der Waals surface area (Å²) in [7, 11) is 3.34. The lowest BCUT2D eigenvalue weighted by atomic mass is 9.86. The van der Waals surface area contributed by atoms with Crippen LogP contribution in [0.25, 0.3) is 0 Å². The van der Waals surface area contributed by atoms with Gasteiger partial charge >= 0.3 is 0 Å². The van der Waals surface area contributed by atoms with Gasteiger partial charge in [-0.3, -0.25) is 0 Å². The second-order valence-corrected chi connectivity index (χ2v) is 5.50. The van der Waals surface area contributed by atoms with Gasteiger partial charge in [0.1, 0.15) is 11.5 Å². The summed E-state index contributed by atoms with van der Waals surface area (Å²) in [6.45, 7) is 1.15. The quantitative estimate of drug-likeness (QED) is 0.839. The number of ether oxygens (including phenoxy) is 2. The lowest BCUT2D eigenvalue weighted by Gasteiger charge is -2.28. The van der Waals surface area contributed by atoms with Crippen molar-refractivity contribution < 1.29 is 14.6 Å². The molecule has 4 heteroatoms. The topological polar surface area (TPSA) is 50.7 Å². The van der Waals surface area contributed by atoms with E-state index in [1.165, 1.54) is 5.56 Å². The third kappa shape index (κ3) is 4.12. The number of methoxy groups -OCH3 is 2.